The van der Waals surface area contributed by atoms with Crippen molar-refractivity contribution in [1.29, 1.82) is 0 Å². The molecule has 142 valence electrons. The molecule has 0 unspecified atom stereocenters. The number of nitrogens with zero attached hydrogens (tertiary/aromatic N) is 3. The van der Waals surface area contributed by atoms with Gasteiger partial charge in [-0.25, -0.2) is 0 Å². The molecular weight excluding hydrogens is 348 g/mol. The Kier molecular flexibility index (Phi) is 6.84. The Hall–Kier alpha value is -1.85. The van der Waals surface area contributed by atoms with Crippen molar-refractivity contribution in [2.45, 2.75) is 45.1 Å². The molecule has 1 aromatic heterocycles. The van der Waals surface area contributed by atoms with Gasteiger partial charge in [0.15, 0.2) is 0 Å². The van der Waals surface area contributed by atoms with Crippen molar-refractivity contribution in [3.63, 3.8) is 0 Å². The third-order valence-corrected chi connectivity index (χ3v) is 5.49. The molecule has 5 nitrogen and oxygen atoms in total. The van der Waals surface area contributed by atoms with Crippen LogP contribution in [0.15, 0.2) is 36.4 Å². The summed E-state index contributed by atoms with van der Waals surface area (Å²) in [7, 11) is 0. The topological polar surface area (TPSA) is 64.2 Å². The lowest BCUT2D eigenvalue weighted by Gasteiger charge is -2.41. The number of nitrogens with two attached hydrogens (primary N) is 1. The first-order valence-electron chi connectivity index (χ1n) is 9.08. The molecule has 0 atom stereocenters. The lowest BCUT2D eigenvalue weighted by molar-refractivity contribution is -0.133. The fraction of sp³-hybridized carbons (Fsp3) is 0.500. The molecule has 1 aliphatic heterocycles. The first-order valence-corrected chi connectivity index (χ1v) is 9.08. The summed E-state index contributed by atoms with van der Waals surface area (Å²) >= 11 is 0. The molecule has 0 aliphatic carbocycles. The molecule has 0 saturated carbocycles. The number of benzene rings is 1. The quantitative estimate of drug-likeness (QED) is 0.872. The second kappa shape index (κ2) is 8.69. The van der Waals surface area contributed by atoms with Crippen LogP contribution in [0.5, 0.6) is 0 Å². The van der Waals surface area contributed by atoms with E-state index in [2.05, 4.69) is 29.4 Å². The van der Waals surface area contributed by atoms with E-state index in [0.717, 1.165) is 37.3 Å². The molecule has 0 spiro atoms. The summed E-state index contributed by atoms with van der Waals surface area (Å²) in [5.41, 5.74) is 9.54. The van der Waals surface area contributed by atoms with Gasteiger partial charge in [0.25, 0.3) is 0 Å². The monoisotopic (exact) mass is 376 g/mol. The van der Waals surface area contributed by atoms with Crippen molar-refractivity contribution in [3.05, 3.63) is 53.3 Å². The number of hydrogen-bond acceptors (Lipinski definition) is 3. The molecule has 2 heterocycles. The molecule has 2 N–H and O–H groups in total. The maximum Gasteiger partial charge on any atom is 0.224 e. The highest BCUT2D eigenvalue weighted by Gasteiger charge is 2.36. The number of carbonyl (C=O) groups is 1. The summed E-state index contributed by atoms with van der Waals surface area (Å²) < 4.78 is 1.92. The Labute approximate surface area is 162 Å². The van der Waals surface area contributed by atoms with Gasteiger partial charge < -0.3 is 10.6 Å². The van der Waals surface area contributed by atoms with Crippen LogP contribution < -0.4 is 5.73 Å². The largest absolute Gasteiger partial charge is 0.343 e. The van der Waals surface area contributed by atoms with Gasteiger partial charge in [-0.1, -0.05) is 30.3 Å². The van der Waals surface area contributed by atoms with E-state index in [9.17, 15) is 4.79 Å². The number of halogens is 1. The summed E-state index contributed by atoms with van der Waals surface area (Å²) in [5, 5.41) is 4.43. The van der Waals surface area contributed by atoms with Gasteiger partial charge in [0.05, 0.1) is 5.69 Å². The van der Waals surface area contributed by atoms with Gasteiger partial charge in [-0.3, -0.25) is 9.48 Å². The highest BCUT2D eigenvalue weighted by Crippen LogP contribution is 2.34. The van der Waals surface area contributed by atoms with Gasteiger partial charge in [0, 0.05) is 43.7 Å². The zero-order chi connectivity index (χ0) is 17.9. The number of aryl methyl sites for hydroxylation is 3. The minimum atomic E-state index is 0. The predicted octanol–water partition coefficient (Wildman–Crippen LogP) is 2.83. The predicted molar refractivity (Wildman–Crippen MR) is 107 cm³/mol. The summed E-state index contributed by atoms with van der Waals surface area (Å²) in [6.45, 7) is 6.84. The zero-order valence-electron chi connectivity index (χ0n) is 15.6. The highest BCUT2D eigenvalue weighted by atomic mass is 35.5. The van der Waals surface area contributed by atoms with Gasteiger partial charge in [0.2, 0.25) is 5.91 Å². The molecule has 26 heavy (non-hydrogen) atoms. The Morgan fingerprint density at radius 1 is 1.19 bits per heavy atom. The number of piperidine rings is 1. The van der Waals surface area contributed by atoms with E-state index in [4.69, 9.17) is 5.73 Å². The van der Waals surface area contributed by atoms with E-state index in [1.165, 1.54) is 5.56 Å². The maximum atomic E-state index is 12.6. The summed E-state index contributed by atoms with van der Waals surface area (Å²) in [4.78, 5) is 14.6. The van der Waals surface area contributed by atoms with Crippen molar-refractivity contribution < 1.29 is 4.79 Å². The van der Waals surface area contributed by atoms with Crippen LogP contribution in [0.3, 0.4) is 0 Å². The second-order valence-electron chi connectivity index (χ2n) is 7.13. The van der Waals surface area contributed by atoms with E-state index < -0.39 is 0 Å². The molecule has 3 rings (SSSR count). The van der Waals surface area contributed by atoms with Crippen LogP contribution in [0.4, 0.5) is 0 Å². The molecule has 1 fully saturated rings. The van der Waals surface area contributed by atoms with Crippen molar-refractivity contribution in [2.75, 3.05) is 19.6 Å². The SMILES string of the molecule is Cc1cc(C)n(CCC(=O)N2CCC(CN)(c3ccccc3)CC2)n1.Cl. The van der Waals surface area contributed by atoms with Crippen LogP contribution in [-0.2, 0) is 16.8 Å². The fourth-order valence-electron chi connectivity index (χ4n) is 3.85. The van der Waals surface area contributed by atoms with Crippen LogP contribution in [0, 0.1) is 13.8 Å². The zero-order valence-corrected chi connectivity index (χ0v) is 16.5. The molecule has 1 amide bonds. The molecule has 1 saturated heterocycles. The first-order chi connectivity index (χ1) is 12.0. The Bertz CT molecular complexity index is 721. The normalized spacial score (nSPS) is 16.2. The van der Waals surface area contributed by atoms with E-state index in [-0.39, 0.29) is 23.7 Å². The first kappa shape index (κ1) is 20.5. The number of likely N-dealkylation sites (tertiary alicyclic amines) is 1. The van der Waals surface area contributed by atoms with E-state index >= 15 is 0 Å². The number of amides is 1. The van der Waals surface area contributed by atoms with Crippen molar-refractivity contribution in [2.24, 2.45) is 5.73 Å². The van der Waals surface area contributed by atoms with Gasteiger partial charge in [-0.15, -0.1) is 12.4 Å². The van der Waals surface area contributed by atoms with Gasteiger partial charge in [-0.2, -0.15) is 5.10 Å². The molecule has 6 heteroatoms. The van der Waals surface area contributed by atoms with Crippen LogP contribution in [0.2, 0.25) is 0 Å². The summed E-state index contributed by atoms with van der Waals surface area (Å²) in [5.74, 6) is 0.214. The van der Waals surface area contributed by atoms with Crippen LogP contribution in [0.25, 0.3) is 0 Å². The number of aromatic nitrogens is 2. The third-order valence-electron chi connectivity index (χ3n) is 5.49. The van der Waals surface area contributed by atoms with E-state index in [0.29, 0.717) is 19.5 Å². The van der Waals surface area contributed by atoms with Crippen LogP contribution in [0.1, 0.15) is 36.2 Å². The highest BCUT2D eigenvalue weighted by molar-refractivity contribution is 5.85. The van der Waals surface area contributed by atoms with Crippen molar-refractivity contribution in [3.8, 4) is 0 Å². The maximum absolute atomic E-state index is 12.6. The lowest BCUT2D eigenvalue weighted by atomic mass is 9.73. The summed E-state index contributed by atoms with van der Waals surface area (Å²) in [6.07, 6.45) is 2.36. The molecule has 2 aromatic rings. The van der Waals surface area contributed by atoms with Gasteiger partial charge in [-0.05, 0) is 38.3 Å². The van der Waals surface area contributed by atoms with E-state index in [1.807, 2.05) is 35.6 Å². The smallest absolute Gasteiger partial charge is 0.224 e. The Morgan fingerprint density at radius 3 is 2.38 bits per heavy atom. The molecule has 0 bridgehead atoms. The van der Waals surface area contributed by atoms with Gasteiger partial charge >= 0.3 is 0 Å². The number of carbonyl (C=O) groups excluding carboxylic acids is 1. The van der Waals surface area contributed by atoms with Crippen LogP contribution in [-0.4, -0.2) is 40.2 Å². The lowest BCUT2D eigenvalue weighted by Crippen LogP contribution is -2.48. The van der Waals surface area contributed by atoms with Gasteiger partial charge in [0.1, 0.15) is 0 Å². The van der Waals surface area contributed by atoms with E-state index in [1.54, 1.807) is 0 Å². The van der Waals surface area contributed by atoms with Crippen molar-refractivity contribution in [1.82, 2.24) is 14.7 Å². The Morgan fingerprint density at radius 2 is 1.85 bits per heavy atom. The average Bonchev–Trinajstić information content (AvgIpc) is 2.97. The molecule has 0 radical (unpaired) electrons. The molecule has 1 aliphatic rings. The Balaban J connectivity index is 0.00000243. The molecule has 1 aromatic carbocycles. The standard InChI is InChI=1S/C20H28N4O.ClH/c1-16-14-17(2)24(22-16)11-8-19(25)23-12-9-20(15-21,10-13-23)18-6-4-3-5-7-18;/h3-7,14H,8-13,15,21H2,1-2H3;1H. The number of hydrogen-bond donors (Lipinski definition) is 1. The number of rotatable bonds is 5. The second-order valence-corrected chi connectivity index (χ2v) is 7.13. The molecular formula is C20H29ClN4O. The minimum Gasteiger partial charge on any atom is -0.343 e. The third kappa shape index (κ3) is 4.27. The fourth-order valence-corrected chi connectivity index (χ4v) is 3.85. The van der Waals surface area contributed by atoms with Crippen LogP contribution >= 0.6 is 12.4 Å². The summed E-state index contributed by atoms with van der Waals surface area (Å²) in [6, 6.07) is 12.5. The minimum absolute atomic E-state index is 0. The average molecular weight is 377 g/mol. The van der Waals surface area contributed by atoms with Crippen molar-refractivity contribution >= 4 is 18.3 Å².